The summed E-state index contributed by atoms with van der Waals surface area (Å²) < 4.78 is 16.1. The number of nitrogens with zero attached hydrogens (tertiary/aromatic N) is 4. The lowest BCUT2D eigenvalue weighted by molar-refractivity contribution is -0.384. The Morgan fingerprint density at radius 1 is 0.909 bits per heavy atom. The molecule has 10 heteroatoms. The van der Waals surface area contributed by atoms with Gasteiger partial charge in [-0.25, -0.2) is 0 Å². The van der Waals surface area contributed by atoms with E-state index in [2.05, 4.69) is 9.80 Å². The molecule has 10 nitrogen and oxygen atoms in total. The number of carbonyl (C=O) groups excluding carboxylic acids is 1. The number of hydrogen-bond donors (Lipinski definition) is 0. The van der Waals surface area contributed by atoms with Crippen molar-refractivity contribution in [2.24, 2.45) is 0 Å². The molecule has 0 spiro atoms. The molecule has 2 aromatic carbocycles. The van der Waals surface area contributed by atoms with Crippen LogP contribution in [0.5, 0.6) is 11.5 Å². The number of morpholine rings is 1. The molecule has 4 rings (SSSR count). The number of nitro benzene ring substituents is 1. The minimum absolute atomic E-state index is 0.0840. The summed E-state index contributed by atoms with van der Waals surface area (Å²) in [5, 5.41) is 11.4. The second kappa shape index (κ2) is 9.95. The third kappa shape index (κ3) is 4.80. The highest BCUT2D eigenvalue weighted by molar-refractivity contribution is 6.00. The molecule has 0 unspecified atom stereocenters. The van der Waals surface area contributed by atoms with Crippen LogP contribution in [0, 0.1) is 10.1 Å². The minimum atomic E-state index is -0.463. The number of nitro groups is 1. The summed E-state index contributed by atoms with van der Waals surface area (Å²) >= 11 is 0. The van der Waals surface area contributed by atoms with Gasteiger partial charge in [-0.1, -0.05) is 0 Å². The van der Waals surface area contributed by atoms with E-state index in [1.807, 2.05) is 18.2 Å². The van der Waals surface area contributed by atoms with Crippen LogP contribution in [0.25, 0.3) is 0 Å². The van der Waals surface area contributed by atoms with Crippen LogP contribution >= 0.6 is 0 Å². The second-order valence-electron chi connectivity index (χ2n) is 7.88. The number of piperazine rings is 1. The van der Waals surface area contributed by atoms with E-state index in [4.69, 9.17) is 14.2 Å². The number of anilines is 2. The lowest BCUT2D eigenvalue weighted by Gasteiger charge is -2.37. The molecule has 0 bridgehead atoms. The Balaban J connectivity index is 1.51. The summed E-state index contributed by atoms with van der Waals surface area (Å²) in [6.45, 7) is 4.72. The zero-order valence-electron chi connectivity index (χ0n) is 18.9. The molecule has 2 aromatic rings. The number of carbonyl (C=O) groups is 1. The van der Waals surface area contributed by atoms with Crippen molar-refractivity contribution in [3.8, 4) is 11.5 Å². The Bertz CT molecular complexity index is 1020. The van der Waals surface area contributed by atoms with E-state index < -0.39 is 4.92 Å². The van der Waals surface area contributed by atoms with Gasteiger partial charge in [-0.05, 0) is 18.2 Å². The summed E-state index contributed by atoms with van der Waals surface area (Å²) in [6, 6.07) is 10.3. The van der Waals surface area contributed by atoms with Gasteiger partial charge in [0, 0.05) is 63.2 Å². The summed E-state index contributed by atoms with van der Waals surface area (Å²) in [7, 11) is 3.20. The smallest absolute Gasteiger partial charge is 0.270 e. The van der Waals surface area contributed by atoms with Gasteiger partial charge in [-0.3, -0.25) is 14.9 Å². The quantitative estimate of drug-likeness (QED) is 0.483. The fraction of sp³-hybridized carbons (Fsp3) is 0.435. The summed E-state index contributed by atoms with van der Waals surface area (Å²) in [5.74, 6) is 1.13. The third-order valence-corrected chi connectivity index (χ3v) is 6.07. The Labute approximate surface area is 192 Å². The van der Waals surface area contributed by atoms with Crippen LogP contribution < -0.4 is 19.3 Å². The molecule has 2 fully saturated rings. The van der Waals surface area contributed by atoms with Gasteiger partial charge in [0.05, 0.1) is 43.6 Å². The van der Waals surface area contributed by atoms with Crippen molar-refractivity contribution in [3.05, 3.63) is 52.1 Å². The van der Waals surface area contributed by atoms with Crippen molar-refractivity contribution in [1.82, 2.24) is 4.90 Å². The molecule has 2 aliphatic heterocycles. The first-order valence-electron chi connectivity index (χ1n) is 10.9. The fourth-order valence-electron chi connectivity index (χ4n) is 4.25. The molecule has 33 heavy (non-hydrogen) atoms. The third-order valence-electron chi connectivity index (χ3n) is 6.07. The standard InChI is InChI=1S/C23H28N4O6/c1-31-21-6-4-17(16-22(21)32-2)24-7-9-26(10-8-24)23(28)19-15-18(27(29)30)3-5-20(19)25-11-13-33-14-12-25/h3-6,15-16H,7-14H2,1-2H3. The van der Waals surface area contributed by atoms with Gasteiger partial charge in [0.1, 0.15) is 0 Å². The largest absolute Gasteiger partial charge is 0.493 e. The summed E-state index contributed by atoms with van der Waals surface area (Å²) in [4.78, 5) is 30.4. The lowest BCUT2D eigenvalue weighted by atomic mass is 10.1. The Morgan fingerprint density at radius 2 is 1.61 bits per heavy atom. The van der Waals surface area contributed by atoms with Gasteiger partial charge in [-0.15, -0.1) is 0 Å². The van der Waals surface area contributed by atoms with Crippen LogP contribution in [0.2, 0.25) is 0 Å². The van der Waals surface area contributed by atoms with Gasteiger partial charge in [-0.2, -0.15) is 0 Å². The molecule has 2 aliphatic rings. The zero-order valence-corrected chi connectivity index (χ0v) is 18.9. The molecule has 0 N–H and O–H groups in total. The Kier molecular flexibility index (Phi) is 6.83. The lowest BCUT2D eigenvalue weighted by Crippen LogP contribution is -2.49. The molecule has 0 radical (unpaired) electrons. The first-order chi connectivity index (χ1) is 16.0. The maximum Gasteiger partial charge on any atom is 0.270 e. The number of amides is 1. The van der Waals surface area contributed by atoms with E-state index in [1.165, 1.54) is 12.1 Å². The van der Waals surface area contributed by atoms with E-state index in [9.17, 15) is 14.9 Å². The van der Waals surface area contributed by atoms with E-state index in [-0.39, 0.29) is 11.6 Å². The van der Waals surface area contributed by atoms with E-state index in [0.717, 1.165) is 11.4 Å². The average Bonchev–Trinajstić information content (AvgIpc) is 2.88. The molecular weight excluding hydrogens is 428 g/mol. The molecular formula is C23H28N4O6. The number of hydrogen-bond acceptors (Lipinski definition) is 8. The highest BCUT2D eigenvalue weighted by Crippen LogP contribution is 2.32. The molecule has 0 atom stereocenters. The van der Waals surface area contributed by atoms with Gasteiger partial charge in [0.25, 0.3) is 11.6 Å². The van der Waals surface area contributed by atoms with Crippen molar-refractivity contribution >= 4 is 23.0 Å². The second-order valence-corrected chi connectivity index (χ2v) is 7.88. The number of ether oxygens (including phenoxy) is 3. The first kappa shape index (κ1) is 22.7. The maximum atomic E-state index is 13.5. The summed E-state index contributed by atoms with van der Waals surface area (Å²) in [5.41, 5.74) is 1.99. The van der Waals surface area contributed by atoms with Crippen molar-refractivity contribution in [2.45, 2.75) is 0 Å². The molecule has 0 aliphatic carbocycles. The predicted octanol–water partition coefficient (Wildman–Crippen LogP) is 2.41. The van der Waals surface area contributed by atoms with Crippen molar-refractivity contribution in [2.75, 3.05) is 76.5 Å². The van der Waals surface area contributed by atoms with Gasteiger partial charge >= 0.3 is 0 Å². The van der Waals surface area contributed by atoms with Crippen LogP contribution in [-0.2, 0) is 4.74 Å². The normalized spacial score (nSPS) is 16.5. The highest BCUT2D eigenvalue weighted by Gasteiger charge is 2.28. The maximum absolute atomic E-state index is 13.5. The Morgan fingerprint density at radius 3 is 2.24 bits per heavy atom. The van der Waals surface area contributed by atoms with Crippen molar-refractivity contribution in [1.29, 1.82) is 0 Å². The zero-order chi connectivity index (χ0) is 23.4. The predicted molar refractivity (Wildman–Crippen MR) is 124 cm³/mol. The number of benzene rings is 2. The van der Waals surface area contributed by atoms with Crippen LogP contribution in [0.4, 0.5) is 17.1 Å². The topological polar surface area (TPSA) is 97.6 Å². The highest BCUT2D eigenvalue weighted by atomic mass is 16.6. The molecule has 2 heterocycles. The van der Waals surface area contributed by atoms with E-state index >= 15 is 0 Å². The first-order valence-corrected chi connectivity index (χ1v) is 10.9. The number of rotatable bonds is 6. The van der Waals surface area contributed by atoms with E-state index in [0.29, 0.717) is 69.5 Å². The van der Waals surface area contributed by atoms with Crippen molar-refractivity contribution < 1.29 is 23.9 Å². The van der Waals surface area contributed by atoms with Gasteiger partial charge in [0.15, 0.2) is 11.5 Å². The minimum Gasteiger partial charge on any atom is -0.493 e. The Hall–Kier alpha value is -3.53. The molecule has 0 aromatic heterocycles. The van der Waals surface area contributed by atoms with Crippen molar-refractivity contribution in [3.63, 3.8) is 0 Å². The van der Waals surface area contributed by atoms with Crippen LogP contribution in [0.15, 0.2) is 36.4 Å². The van der Waals surface area contributed by atoms with Crippen LogP contribution in [0.1, 0.15) is 10.4 Å². The molecule has 1 amide bonds. The number of non-ortho nitro benzene ring substituents is 1. The summed E-state index contributed by atoms with van der Waals surface area (Å²) in [6.07, 6.45) is 0. The monoisotopic (exact) mass is 456 g/mol. The SMILES string of the molecule is COc1ccc(N2CCN(C(=O)c3cc([N+](=O)[O-])ccc3N3CCOCC3)CC2)cc1OC. The van der Waals surface area contributed by atoms with Gasteiger partial charge in [0.2, 0.25) is 0 Å². The molecule has 176 valence electrons. The number of methoxy groups -OCH3 is 2. The van der Waals surface area contributed by atoms with Crippen LogP contribution in [0.3, 0.4) is 0 Å². The van der Waals surface area contributed by atoms with Gasteiger partial charge < -0.3 is 28.9 Å². The molecule has 2 saturated heterocycles. The fourth-order valence-corrected chi connectivity index (χ4v) is 4.25. The average molecular weight is 456 g/mol. The molecule has 0 saturated carbocycles. The van der Waals surface area contributed by atoms with E-state index in [1.54, 1.807) is 25.2 Å². The van der Waals surface area contributed by atoms with Crippen LogP contribution in [-0.4, -0.2) is 82.4 Å².